The molecule has 1 aromatic rings. The Bertz CT molecular complexity index is 475. The Morgan fingerprint density at radius 1 is 1.30 bits per heavy atom. The quantitative estimate of drug-likeness (QED) is 0.852. The van der Waals surface area contributed by atoms with Gasteiger partial charge < -0.3 is 10.2 Å². The van der Waals surface area contributed by atoms with Crippen molar-refractivity contribution < 1.29 is 4.79 Å². The first-order valence-corrected chi connectivity index (χ1v) is 7.33. The summed E-state index contributed by atoms with van der Waals surface area (Å²) in [5, 5.41) is 3.27. The number of piperazine rings is 1. The minimum Gasteiger partial charge on any atom is -0.351 e. The molecule has 1 aliphatic heterocycles. The van der Waals surface area contributed by atoms with Gasteiger partial charge in [-0.3, -0.25) is 9.69 Å². The third-order valence-electron chi connectivity index (χ3n) is 3.37. The monoisotopic (exact) mass is 316 g/mol. The van der Waals surface area contributed by atoms with Gasteiger partial charge in [-0.2, -0.15) is 0 Å². The second kappa shape index (κ2) is 7.22. The number of amides is 1. The highest BCUT2D eigenvalue weighted by molar-refractivity contribution is 6.34. The van der Waals surface area contributed by atoms with Gasteiger partial charge in [-0.05, 0) is 19.2 Å². The number of hydrogen-bond donors (Lipinski definition) is 1. The summed E-state index contributed by atoms with van der Waals surface area (Å²) in [7, 11) is 2.12. The molecule has 0 aliphatic carbocycles. The van der Waals surface area contributed by atoms with Gasteiger partial charge in [-0.15, -0.1) is 0 Å². The smallest absolute Gasteiger partial charge is 0.254 e. The summed E-state index contributed by atoms with van der Waals surface area (Å²) in [5.74, 6) is -0.215. The van der Waals surface area contributed by atoms with Crippen molar-refractivity contribution in [1.29, 1.82) is 0 Å². The van der Waals surface area contributed by atoms with Crippen LogP contribution in [0.1, 0.15) is 10.4 Å². The number of hydrogen-bond acceptors (Lipinski definition) is 4. The normalized spacial score (nSPS) is 17.1. The fourth-order valence-corrected chi connectivity index (χ4v) is 2.51. The van der Waals surface area contributed by atoms with Gasteiger partial charge in [0, 0.05) is 39.3 Å². The molecule has 0 saturated carbocycles. The van der Waals surface area contributed by atoms with Crippen LogP contribution in [0.2, 0.25) is 10.3 Å². The molecule has 0 unspecified atom stereocenters. The fourth-order valence-electron chi connectivity index (χ4n) is 2.08. The van der Waals surface area contributed by atoms with Gasteiger partial charge in [-0.25, -0.2) is 4.98 Å². The molecule has 1 fully saturated rings. The molecular weight excluding hydrogens is 299 g/mol. The van der Waals surface area contributed by atoms with Gasteiger partial charge in [0.05, 0.1) is 5.56 Å². The molecule has 110 valence electrons. The molecule has 2 rings (SSSR count). The van der Waals surface area contributed by atoms with Crippen LogP contribution in [0.15, 0.2) is 12.1 Å². The van der Waals surface area contributed by atoms with E-state index in [-0.39, 0.29) is 16.2 Å². The zero-order chi connectivity index (χ0) is 14.5. The number of halogens is 2. The van der Waals surface area contributed by atoms with Crippen molar-refractivity contribution >= 4 is 29.1 Å². The van der Waals surface area contributed by atoms with Gasteiger partial charge >= 0.3 is 0 Å². The second-order valence-electron chi connectivity index (χ2n) is 4.87. The highest BCUT2D eigenvalue weighted by Gasteiger charge is 2.15. The van der Waals surface area contributed by atoms with E-state index in [0.29, 0.717) is 12.1 Å². The van der Waals surface area contributed by atoms with E-state index in [1.165, 1.54) is 0 Å². The molecule has 0 atom stereocenters. The van der Waals surface area contributed by atoms with E-state index in [0.717, 1.165) is 32.7 Å². The van der Waals surface area contributed by atoms with E-state index in [9.17, 15) is 4.79 Å². The van der Waals surface area contributed by atoms with Crippen LogP contribution < -0.4 is 5.32 Å². The summed E-state index contributed by atoms with van der Waals surface area (Å²) in [5.41, 5.74) is 0.356. The van der Waals surface area contributed by atoms with Crippen molar-refractivity contribution in [2.75, 3.05) is 46.3 Å². The average Bonchev–Trinajstić information content (AvgIpc) is 2.41. The highest BCUT2D eigenvalue weighted by Crippen LogP contribution is 2.16. The number of nitrogens with one attached hydrogen (secondary N) is 1. The number of pyridine rings is 1. The van der Waals surface area contributed by atoms with Crippen LogP contribution in [0.4, 0.5) is 0 Å². The van der Waals surface area contributed by atoms with Crippen LogP contribution in [-0.4, -0.2) is 67.0 Å². The molecule has 5 nitrogen and oxygen atoms in total. The first kappa shape index (κ1) is 15.5. The standard InChI is InChI=1S/C13H18Cl2N4O/c1-18-6-8-19(9-7-18)5-4-16-13(20)10-2-3-11(14)17-12(10)15/h2-3H,4-9H2,1H3,(H,16,20). The van der Waals surface area contributed by atoms with E-state index < -0.39 is 0 Å². The van der Waals surface area contributed by atoms with Crippen LogP contribution in [0.5, 0.6) is 0 Å². The van der Waals surface area contributed by atoms with Crippen LogP contribution in [0.3, 0.4) is 0 Å². The van der Waals surface area contributed by atoms with E-state index >= 15 is 0 Å². The Hall–Kier alpha value is -0.880. The Morgan fingerprint density at radius 3 is 2.65 bits per heavy atom. The molecule has 7 heteroatoms. The van der Waals surface area contributed by atoms with E-state index in [2.05, 4.69) is 27.1 Å². The van der Waals surface area contributed by atoms with E-state index in [1.807, 2.05) is 0 Å². The SMILES string of the molecule is CN1CCN(CCNC(=O)c2ccc(Cl)nc2Cl)CC1. The highest BCUT2D eigenvalue weighted by atomic mass is 35.5. The number of carbonyl (C=O) groups is 1. The summed E-state index contributed by atoms with van der Waals surface area (Å²) < 4.78 is 0. The molecule has 0 bridgehead atoms. The Morgan fingerprint density at radius 2 is 2.00 bits per heavy atom. The number of aromatic nitrogens is 1. The predicted molar refractivity (Wildman–Crippen MR) is 80.5 cm³/mol. The lowest BCUT2D eigenvalue weighted by molar-refractivity contribution is 0.0941. The summed E-state index contributed by atoms with van der Waals surface area (Å²) >= 11 is 11.6. The van der Waals surface area contributed by atoms with E-state index in [1.54, 1.807) is 12.1 Å². The lowest BCUT2D eigenvalue weighted by Gasteiger charge is -2.32. The largest absolute Gasteiger partial charge is 0.351 e. The average molecular weight is 317 g/mol. The summed E-state index contributed by atoms with van der Waals surface area (Å²) in [6, 6.07) is 3.14. The maximum absolute atomic E-state index is 12.0. The maximum Gasteiger partial charge on any atom is 0.254 e. The number of carbonyl (C=O) groups excluding carboxylic acids is 1. The van der Waals surface area contributed by atoms with Gasteiger partial charge in [0.1, 0.15) is 10.3 Å². The second-order valence-corrected chi connectivity index (χ2v) is 5.62. The molecular formula is C13H18Cl2N4O. The third kappa shape index (κ3) is 4.31. The van der Waals surface area contributed by atoms with Crippen LogP contribution in [0, 0.1) is 0 Å². The van der Waals surface area contributed by atoms with Crippen LogP contribution in [0.25, 0.3) is 0 Å². The molecule has 20 heavy (non-hydrogen) atoms. The van der Waals surface area contributed by atoms with E-state index in [4.69, 9.17) is 23.2 Å². The molecule has 1 amide bonds. The van der Waals surface area contributed by atoms with Gasteiger partial charge in [0.15, 0.2) is 0 Å². The molecule has 2 heterocycles. The first-order chi connectivity index (χ1) is 9.56. The molecule has 1 aromatic heterocycles. The fraction of sp³-hybridized carbons (Fsp3) is 0.538. The number of nitrogens with zero attached hydrogens (tertiary/aromatic N) is 3. The number of rotatable bonds is 4. The van der Waals surface area contributed by atoms with Crippen molar-refractivity contribution in [2.45, 2.75) is 0 Å². The van der Waals surface area contributed by atoms with Crippen molar-refractivity contribution in [3.8, 4) is 0 Å². The van der Waals surface area contributed by atoms with Crippen molar-refractivity contribution in [3.05, 3.63) is 28.0 Å². The first-order valence-electron chi connectivity index (χ1n) is 6.57. The lowest BCUT2D eigenvalue weighted by Crippen LogP contribution is -2.46. The zero-order valence-corrected chi connectivity index (χ0v) is 12.9. The Kier molecular flexibility index (Phi) is 5.60. The van der Waals surface area contributed by atoms with Gasteiger partial charge in [0.25, 0.3) is 5.91 Å². The van der Waals surface area contributed by atoms with Crippen LogP contribution >= 0.6 is 23.2 Å². The molecule has 1 saturated heterocycles. The Labute approximate surface area is 128 Å². The molecule has 0 radical (unpaired) electrons. The van der Waals surface area contributed by atoms with Gasteiger partial charge in [0.2, 0.25) is 0 Å². The van der Waals surface area contributed by atoms with Crippen molar-refractivity contribution in [2.24, 2.45) is 0 Å². The molecule has 1 aliphatic rings. The summed E-state index contributed by atoms with van der Waals surface area (Å²) in [4.78, 5) is 20.5. The predicted octanol–water partition coefficient (Wildman–Crippen LogP) is 1.37. The van der Waals surface area contributed by atoms with Gasteiger partial charge in [-0.1, -0.05) is 23.2 Å². The molecule has 0 spiro atoms. The summed E-state index contributed by atoms with van der Waals surface area (Å²) in [6.07, 6.45) is 0. The van der Waals surface area contributed by atoms with Crippen molar-refractivity contribution in [1.82, 2.24) is 20.1 Å². The Balaban J connectivity index is 1.77. The summed E-state index contributed by atoms with van der Waals surface area (Å²) in [6.45, 7) is 5.66. The van der Waals surface area contributed by atoms with Crippen molar-refractivity contribution in [3.63, 3.8) is 0 Å². The zero-order valence-electron chi connectivity index (χ0n) is 11.4. The minimum atomic E-state index is -0.215. The minimum absolute atomic E-state index is 0.134. The topological polar surface area (TPSA) is 48.5 Å². The lowest BCUT2D eigenvalue weighted by atomic mass is 10.2. The maximum atomic E-state index is 12.0. The molecule has 0 aromatic carbocycles. The third-order valence-corrected chi connectivity index (χ3v) is 3.87. The molecule has 1 N–H and O–H groups in total. The van der Waals surface area contributed by atoms with Crippen LogP contribution in [-0.2, 0) is 0 Å². The number of likely N-dealkylation sites (N-methyl/N-ethyl adjacent to an activating group) is 1.